The molecule has 0 aliphatic heterocycles. The average molecular weight is 498 g/mol. The third kappa shape index (κ3) is 4.93. The topological polar surface area (TPSA) is 79.4 Å². The van der Waals surface area contributed by atoms with E-state index in [-0.39, 0.29) is 22.0 Å². The molecule has 0 unspecified atom stereocenters. The van der Waals surface area contributed by atoms with E-state index in [0.29, 0.717) is 10.8 Å². The molecule has 168 valence electrons. The van der Waals surface area contributed by atoms with Gasteiger partial charge in [-0.3, -0.25) is 14.4 Å². The summed E-state index contributed by atoms with van der Waals surface area (Å²) >= 11 is 7.53. The van der Waals surface area contributed by atoms with Crippen LogP contribution in [0, 0.1) is 0 Å². The predicted octanol–water partition coefficient (Wildman–Crippen LogP) is 5.93. The van der Waals surface area contributed by atoms with Gasteiger partial charge in [0.2, 0.25) is 0 Å². The van der Waals surface area contributed by atoms with Crippen molar-refractivity contribution in [1.82, 2.24) is 4.98 Å². The fourth-order valence-corrected chi connectivity index (χ4v) is 5.71. The average Bonchev–Trinajstić information content (AvgIpc) is 3.29. The Bertz CT molecular complexity index is 1370. The van der Waals surface area contributed by atoms with Gasteiger partial charge in [-0.25, -0.2) is 13.4 Å². The van der Waals surface area contributed by atoms with E-state index in [1.165, 1.54) is 33.8 Å². The minimum Gasteiger partial charge on any atom is -0.298 e. The summed E-state index contributed by atoms with van der Waals surface area (Å²) in [6.07, 6.45) is 0. The quantitative estimate of drug-likeness (QED) is 0.343. The molecule has 0 atom stereocenters. The van der Waals surface area contributed by atoms with E-state index >= 15 is 0 Å². The zero-order chi connectivity index (χ0) is 23.4. The number of nitrogens with zero attached hydrogens (tertiary/aromatic N) is 2. The van der Waals surface area contributed by atoms with Crippen molar-refractivity contribution in [3.8, 4) is 11.3 Å². The normalized spacial score (nSPS) is 11.2. The van der Waals surface area contributed by atoms with Crippen LogP contribution in [0.25, 0.3) is 11.3 Å². The molecule has 4 aromatic rings. The highest BCUT2D eigenvalue weighted by molar-refractivity contribution is 7.92. The van der Waals surface area contributed by atoms with Gasteiger partial charge in [-0.15, -0.1) is 11.3 Å². The molecule has 0 spiro atoms. The highest BCUT2D eigenvalue weighted by atomic mass is 35.5. The van der Waals surface area contributed by atoms with E-state index in [1.807, 2.05) is 41.8 Å². The van der Waals surface area contributed by atoms with Crippen LogP contribution in [0.15, 0.2) is 89.1 Å². The number of nitrogens with one attached hydrogen (secondary N) is 1. The number of aromatic nitrogens is 1. The molecule has 0 radical (unpaired) electrons. The monoisotopic (exact) mass is 497 g/mol. The van der Waals surface area contributed by atoms with Crippen LogP contribution in [0.5, 0.6) is 0 Å². The van der Waals surface area contributed by atoms with Gasteiger partial charge in [0.05, 0.1) is 26.9 Å². The Kier molecular flexibility index (Phi) is 6.78. The Morgan fingerprint density at radius 2 is 1.70 bits per heavy atom. The standard InChI is InChI=1S/C24H20ClN3O3S2/c1-2-28(18-11-7-4-8-12-18)33(30,31)19-13-14-21(25)20(15-19)23(29)27-24-26-22(16-32-24)17-9-5-3-6-10-17/h3-16H,2H2,1H3,(H,26,27,29). The Balaban J connectivity index is 1.61. The molecule has 1 aromatic heterocycles. The summed E-state index contributed by atoms with van der Waals surface area (Å²) in [5.74, 6) is -0.534. The molecule has 0 fully saturated rings. The molecule has 1 heterocycles. The number of hydrogen-bond acceptors (Lipinski definition) is 5. The highest BCUT2D eigenvalue weighted by Crippen LogP contribution is 2.29. The molecule has 33 heavy (non-hydrogen) atoms. The van der Waals surface area contributed by atoms with Crippen LogP contribution in [0.1, 0.15) is 17.3 Å². The Morgan fingerprint density at radius 1 is 1.03 bits per heavy atom. The molecule has 6 nitrogen and oxygen atoms in total. The van der Waals surface area contributed by atoms with Crippen molar-refractivity contribution in [3.05, 3.63) is 94.8 Å². The number of carbonyl (C=O) groups is 1. The van der Waals surface area contributed by atoms with Gasteiger partial charge >= 0.3 is 0 Å². The zero-order valence-electron chi connectivity index (χ0n) is 17.6. The summed E-state index contributed by atoms with van der Waals surface area (Å²) in [6.45, 7) is 1.98. The number of carbonyl (C=O) groups excluding carboxylic acids is 1. The molecule has 3 aromatic carbocycles. The number of hydrogen-bond donors (Lipinski definition) is 1. The molecule has 4 rings (SSSR count). The predicted molar refractivity (Wildman–Crippen MR) is 134 cm³/mol. The summed E-state index contributed by atoms with van der Waals surface area (Å²) in [5.41, 5.74) is 2.26. The van der Waals surface area contributed by atoms with E-state index < -0.39 is 15.9 Å². The van der Waals surface area contributed by atoms with Gasteiger partial charge in [0, 0.05) is 17.5 Å². The number of benzene rings is 3. The first-order chi connectivity index (χ1) is 15.9. The van der Waals surface area contributed by atoms with Gasteiger partial charge in [-0.05, 0) is 37.3 Å². The first-order valence-corrected chi connectivity index (χ1v) is 12.8. The maximum Gasteiger partial charge on any atom is 0.264 e. The van der Waals surface area contributed by atoms with Crippen LogP contribution in [-0.2, 0) is 10.0 Å². The molecular formula is C24H20ClN3O3S2. The van der Waals surface area contributed by atoms with E-state index in [4.69, 9.17) is 11.6 Å². The Morgan fingerprint density at radius 3 is 2.36 bits per heavy atom. The summed E-state index contributed by atoms with van der Waals surface area (Å²) < 4.78 is 27.9. The second kappa shape index (κ2) is 9.74. The molecule has 9 heteroatoms. The molecule has 1 N–H and O–H groups in total. The summed E-state index contributed by atoms with van der Waals surface area (Å²) in [4.78, 5) is 17.4. The maximum atomic E-state index is 13.3. The Labute approximate surface area is 201 Å². The number of rotatable bonds is 7. The van der Waals surface area contributed by atoms with Crippen molar-refractivity contribution in [2.45, 2.75) is 11.8 Å². The van der Waals surface area contributed by atoms with Crippen LogP contribution in [0.3, 0.4) is 0 Å². The molecule has 0 saturated heterocycles. The van der Waals surface area contributed by atoms with Gasteiger partial charge in [0.15, 0.2) is 5.13 Å². The van der Waals surface area contributed by atoms with Gasteiger partial charge in [-0.2, -0.15) is 0 Å². The largest absolute Gasteiger partial charge is 0.298 e. The van der Waals surface area contributed by atoms with Crippen LogP contribution in [0.2, 0.25) is 5.02 Å². The van der Waals surface area contributed by atoms with E-state index in [1.54, 1.807) is 31.2 Å². The van der Waals surface area contributed by atoms with Crippen molar-refractivity contribution in [3.63, 3.8) is 0 Å². The van der Waals surface area contributed by atoms with Crippen LogP contribution in [0.4, 0.5) is 10.8 Å². The summed E-state index contributed by atoms with van der Waals surface area (Å²) in [7, 11) is -3.90. The van der Waals surface area contributed by atoms with Crippen molar-refractivity contribution in [2.75, 3.05) is 16.2 Å². The SMILES string of the molecule is CCN(c1ccccc1)S(=O)(=O)c1ccc(Cl)c(C(=O)Nc2nc(-c3ccccc3)cs2)c1. The third-order valence-electron chi connectivity index (χ3n) is 4.90. The maximum absolute atomic E-state index is 13.3. The fourth-order valence-electron chi connectivity index (χ4n) is 3.29. The van der Waals surface area contributed by atoms with Gasteiger partial charge in [0.25, 0.3) is 15.9 Å². The number of amides is 1. The second-order valence-electron chi connectivity index (χ2n) is 7.01. The van der Waals surface area contributed by atoms with Gasteiger partial charge in [0.1, 0.15) is 0 Å². The number of halogens is 1. The van der Waals surface area contributed by atoms with Crippen molar-refractivity contribution >= 4 is 49.7 Å². The number of para-hydroxylation sites is 1. The highest BCUT2D eigenvalue weighted by Gasteiger charge is 2.25. The van der Waals surface area contributed by atoms with Crippen molar-refractivity contribution in [2.24, 2.45) is 0 Å². The molecule has 1 amide bonds. The van der Waals surface area contributed by atoms with Crippen molar-refractivity contribution in [1.29, 1.82) is 0 Å². The first-order valence-electron chi connectivity index (χ1n) is 10.1. The lowest BCUT2D eigenvalue weighted by molar-refractivity contribution is 0.102. The molecule has 0 aliphatic rings. The summed E-state index contributed by atoms with van der Waals surface area (Å²) in [5, 5.41) is 5.10. The zero-order valence-corrected chi connectivity index (χ0v) is 20.0. The molecule has 0 saturated carbocycles. The molecular weight excluding hydrogens is 478 g/mol. The third-order valence-corrected chi connectivity index (χ3v) is 7.88. The minimum absolute atomic E-state index is 0.0214. The lowest BCUT2D eigenvalue weighted by Crippen LogP contribution is -2.31. The van der Waals surface area contributed by atoms with Crippen molar-refractivity contribution < 1.29 is 13.2 Å². The number of sulfonamides is 1. The van der Waals surface area contributed by atoms with E-state index in [0.717, 1.165) is 11.3 Å². The summed E-state index contributed by atoms with van der Waals surface area (Å²) in [6, 6.07) is 22.5. The van der Waals surface area contributed by atoms with Gasteiger partial charge in [-0.1, -0.05) is 60.1 Å². The fraction of sp³-hybridized carbons (Fsp3) is 0.0833. The second-order valence-corrected chi connectivity index (χ2v) is 10.1. The van der Waals surface area contributed by atoms with Crippen LogP contribution < -0.4 is 9.62 Å². The van der Waals surface area contributed by atoms with Gasteiger partial charge < -0.3 is 0 Å². The molecule has 0 aliphatic carbocycles. The lowest BCUT2D eigenvalue weighted by atomic mass is 10.2. The number of anilines is 2. The lowest BCUT2D eigenvalue weighted by Gasteiger charge is -2.23. The smallest absolute Gasteiger partial charge is 0.264 e. The van der Waals surface area contributed by atoms with Crippen LogP contribution in [-0.4, -0.2) is 25.9 Å². The van der Waals surface area contributed by atoms with Crippen LogP contribution >= 0.6 is 22.9 Å². The minimum atomic E-state index is -3.90. The number of thiazole rings is 1. The molecule has 0 bridgehead atoms. The van der Waals surface area contributed by atoms with E-state index in [9.17, 15) is 13.2 Å². The first kappa shape index (κ1) is 23.0. The van der Waals surface area contributed by atoms with E-state index in [2.05, 4.69) is 10.3 Å². The Hall–Kier alpha value is -3.20.